The zero-order valence-corrected chi connectivity index (χ0v) is 26.6. The Hall–Kier alpha value is -4.24. The Morgan fingerprint density at radius 1 is 0.844 bits per heavy atom. The number of aliphatic hydroxyl groups is 1. The zero-order valence-electron chi connectivity index (χ0n) is 26.6. The zero-order chi connectivity index (χ0) is 32.2. The molecule has 45 heavy (non-hydrogen) atoms. The van der Waals surface area contributed by atoms with Gasteiger partial charge in [0.05, 0.1) is 31.2 Å². The molecular weight excluding hydrogens is 566 g/mol. The molecule has 4 aromatic rings. The smallest absolute Gasteiger partial charge is 0.407 e. The largest absolute Gasteiger partial charge is 0.481 e. The van der Waals surface area contributed by atoms with E-state index in [9.17, 15) is 15.0 Å². The Kier molecular flexibility index (Phi) is 12.1. The molecule has 0 aliphatic heterocycles. The molecule has 0 aliphatic carbocycles. The molecule has 1 aromatic heterocycles. The van der Waals surface area contributed by atoms with Crippen LogP contribution in [0.5, 0.6) is 5.88 Å². The Labute approximate surface area is 266 Å². The Balaban J connectivity index is 1.59. The summed E-state index contributed by atoms with van der Waals surface area (Å²) < 4.78 is 11.2. The lowest BCUT2D eigenvalue weighted by molar-refractivity contribution is -0.0274. The number of hydrogen-bond acceptors (Lipinski definition) is 6. The second-order valence-electron chi connectivity index (χ2n) is 12.2. The van der Waals surface area contributed by atoms with Crippen LogP contribution in [0.2, 0.25) is 0 Å². The number of nitrogens with one attached hydrogen (secondary N) is 1. The van der Waals surface area contributed by atoms with Crippen molar-refractivity contribution in [3.05, 3.63) is 120 Å². The van der Waals surface area contributed by atoms with Crippen LogP contribution in [-0.4, -0.2) is 63.8 Å². The summed E-state index contributed by atoms with van der Waals surface area (Å²) in [4.78, 5) is 18.7. The minimum atomic E-state index is -1.03. The van der Waals surface area contributed by atoms with Gasteiger partial charge < -0.3 is 24.6 Å². The first-order valence-corrected chi connectivity index (χ1v) is 15.3. The SMILES string of the molecule is COc1cccc(-c2ccc(C[C@@H](C[C@H](O)[C@H](Cc3ccccc3)NCOC(C)(C)C)N(Cc3ccccc3)C(=O)O)cc2)n1. The summed E-state index contributed by atoms with van der Waals surface area (Å²) in [6.45, 7) is 6.42. The quantitative estimate of drug-likeness (QED) is 0.131. The fraction of sp³-hybridized carbons (Fsp3) is 0.351. The lowest BCUT2D eigenvalue weighted by Crippen LogP contribution is -2.49. The average molecular weight is 612 g/mol. The number of methoxy groups -OCH3 is 1. The van der Waals surface area contributed by atoms with E-state index in [-0.39, 0.29) is 31.3 Å². The van der Waals surface area contributed by atoms with E-state index in [0.29, 0.717) is 18.7 Å². The van der Waals surface area contributed by atoms with Crippen molar-refractivity contribution in [2.24, 2.45) is 0 Å². The van der Waals surface area contributed by atoms with Gasteiger partial charge in [0.2, 0.25) is 5.88 Å². The molecule has 3 atom stereocenters. The number of carbonyl (C=O) groups is 1. The number of carboxylic acid groups (broad SMARTS) is 1. The van der Waals surface area contributed by atoms with E-state index in [1.807, 2.05) is 118 Å². The monoisotopic (exact) mass is 611 g/mol. The third kappa shape index (κ3) is 10.7. The highest BCUT2D eigenvalue weighted by atomic mass is 16.5. The van der Waals surface area contributed by atoms with E-state index in [4.69, 9.17) is 9.47 Å². The van der Waals surface area contributed by atoms with Gasteiger partial charge in [-0.1, -0.05) is 91.0 Å². The summed E-state index contributed by atoms with van der Waals surface area (Å²) in [5.74, 6) is 0.537. The van der Waals surface area contributed by atoms with E-state index in [0.717, 1.165) is 27.9 Å². The van der Waals surface area contributed by atoms with Crippen molar-refractivity contribution >= 4 is 6.09 Å². The van der Waals surface area contributed by atoms with Crippen molar-refractivity contribution in [1.29, 1.82) is 0 Å². The Bertz CT molecular complexity index is 1460. The number of benzene rings is 3. The number of hydrogen-bond donors (Lipinski definition) is 3. The van der Waals surface area contributed by atoms with Crippen LogP contribution in [0.1, 0.15) is 43.9 Å². The van der Waals surface area contributed by atoms with Gasteiger partial charge in [0.1, 0.15) is 0 Å². The van der Waals surface area contributed by atoms with E-state index in [1.165, 1.54) is 4.90 Å². The summed E-state index contributed by atoms with van der Waals surface area (Å²) in [6, 6.07) is 32.3. The predicted octanol–water partition coefficient (Wildman–Crippen LogP) is 6.57. The second kappa shape index (κ2) is 16.2. The molecule has 0 bridgehead atoms. The minimum Gasteiger partial charge on any atom is -0.481 e. The van der Waals surface area contributed by atoms with Gasteiger partial charge in [-0.25, -0.2) is 9.78 Å². The molecule has 3 aromatic carbocycles. The summed E-state index contributed by atoms with van der Waals surface area (Å²) in [5, 5.41) is 25.6. The van der Waals surface area contributed by atoms with Crippen LogP contribution in [0.25, 0.3) is 11.3 Å². The summed E-state index contributed by atoms with van der Waals surface area (Å²) in [7, 11) is 1.59. The maximum Gasteiger partial charge on any atom is 0.407 e. The van der Waals surface area contributed by atoms with Crippen molar-refractivity contribution < 1.29 is 24.5 Å². The van der Waals surface area contributed by atoms with Crippen molar-refractivity contribution in [1.82, 2.24) is 15.2 Å². The average Bonchev–Trinajstić information content (AvgIpc) is 3.03. The number of aromatic nitrogens is 1. The molecule has 3 N–H and O–H groups in total. The van der Waals surface area contributed by atoms with E-state index < -0.39 is 18.2 Å². The molecule has 8 nitrogen and oxygen atoms in total. The van der Waals surface area contributed by atoms with Gasteiger partial charge in [-0.3, -0.25) is 5.32 Å². The first-order chi connectivity index (χ1) is 21.6. The third-order valence-electron chi connectivity index (χ3n) is 7.66. The topological polar surface area (TPSA) is 104 Å². The molecule has 0 saturated heterocycles. The molecule has 8 heteroatoms. The number of aliphatic hydroxyl groups excluding tert-OH is 1. The van der Waals surface area contributed by atoms with Crippen LogP contribution in [0, 0.1) is 0 Å². The number of ether oxygens (including phenoxy) is 2. The molecule has 238 valence electrons. The maximum absolute atomic E-state index is 12.7. The number of nitrogens with zero attached hydrogens (tertiary/aromatic N) is 2. The van der Waals surface area contributed by atoms with E-state index in [1.54, 1.807) is 13.2 Å². The predicted molar refractivity (Wildman–Crippen MR) is 177 cm³/mol. The second-order valence-corrected chi connectivity index (χ2v) is 12.2. The van der Waals surface area contributed by atoms with Crippen LogP contribution >= 0.6 is 0 Å². The van der Waals surface area contributed by atoms with Crippen LogP contribution in [0.4, 0.5) is 4.79 Å². The third-order valence-corrected chi connectivity index (χ3v) is 7.66. The molecular formula is C37H45N3O5. The van der Waals surface area contributed by atoms with E-state index >= 15 is 0 Å². The van der Waals surface area contributed by atoms with Gasteiger partial charge in [-0.05, 0) is 62.8 Å². The van der Waals surface area contributed by atoms with Gasteiger partial charge in [0.15, 0.2) is 0 Å². The van der Waals surface area contributed by atoms with E-state index in [2.05, 4.69) is 10.3 Å². The lowest BCUT2D eigenvalue weighted by atomic mass is 9.92. The molecule has 0 spiro atoms. The van der Waals surface area contributed by atoms with Crippen molar-refractivity contribution in [2.45, 2.75) is 70.4 Å². The fourth-order valence-electron chi connectivity index (χ4n) is 5.25. The highest BCUT2D eigenvalue weighted by molar-refractivity contribution is 5.65. The van der Waals surface area contributed by atoms with Crippen LogP contribution < -0.4 is 10.1 Å². The van der Waals surface area contributed by atoms with Crippen LogP contribution in [-0.2, 0) is 24.1 Å². The molecule has 0 unspecified atom stereocenters. The Morgan fingerprint density at radius 3 is 2.07 bits per heavy atom. The Morgan fingerprint density at radius 2 is 1.47 bits per heavy atom. The van der Waals surface area contributed by atoms with Gasteiger partial charge >= 0.3 is 6.09 Å². The number of rotatable bonds is 15. The summed E-state index contributed by atoms with van der Waals surface area (Å²) in [5.41, 5.74) is 4.29. The number of pyridine rings is 1. The molecule has 0 saturated carbocycles. The normalized spacial score (nSPS) is 13.5. The molecule has 1 heterocycles. The minimum absolute atomic E-state index is 0.212. The van der Waals surface area contributed by atoms with Gasteiger partial charge in [0, 0.05) is 30.3 Å². The first-order valence-electron chi connectivity index (χ1n) is 15.3. The highest BCUT2D eigenvalue weighted by Crippen LogP contribution is 2.24. The van der Waals surface area contributed by atoms with Crippen LogP contribution in [0.15, 0.2) is 103 Å². The van der Waals surface area contributed by atoms with Crippen molar-refractivity contribution in [3.8, 4) is 17.1 Å². The highest BCUT2D eigenvalue weighted by Gasteiger charge is 2.30. The number of amides is 1. The maximum atomic E-state index is 12.7. The fourth-order valence-corrected chi connectivity index (χ4v) is 5.25. The molecule has 0 fully saturated rings. The first kappa shape index (κ1) is 33.6. The molecule has 0 radical (unpaired) electrons. The van der Waals surface area contributed by atoms with Crippen LogP contribution in [0.3, 0.4) is 0 Å². The summed E-state index contributed by atoms with van der Waals surface area (Å²) >= 11 is 0. The molecule has 4 rings (SSSR count). The van der Waals surface area contributed by atoms with Crippen molar-refractivity contribution in [2.75, 3.05) is 13.8 Å². The van der Waals surface area contributed by atoms with Crippen molar-refractivity contribution in [3.63, 3.8) is 0 Å². The summed E-state index contributed by atoms with van der Waals surface area (Å²) in [6.07, 6.45) is -0.652. The van der Waals surface area contributed by atoms with Gasteiger partial charge in [-0.2, -0.15) is 0 Å². The standard InChI is InChI=1S/C37H45N3O5/c1-37(2,3)45-26-38-33(23-27-12-7-5-8-13-27)34(41)24-31(40(36(42)43)25-29-14-9-6-10-15-29)22-28-18-20-30(21-19-28)32-16-11-17-35(39-32)44-4/h5-21,31,33-34,38,41H,22-26H2,1-4H3,(H,42,43)/t31-,33-,34-/m0/s1. The lowest BCUT2D eigenvalue weighted by Gasteiger charge is -2.34. The van der Waals surface area contributed by atoms with Gasteiger partial charge in [0.25, 0.3) is 0 Å². The molecule has 1 amide bonds. The molecule has 0 aliphatic rings. The van der Waals surface area contributed by atoms with Gasteiger partial charge in [-0.15, -0.1) is 0 Å².